The van der Waals surface area contributed by atoms with Crippen molar-refractivity contribution >= 4 is 17.5 Å². The van der Waals surface area contributed by atoms with Crippen LogP contribution in [0.5, 0.6) is 0 Å². The molecule has 0 unspecified atom stereocenters. The highest BCUT2D eigenvalue weighted by Gasteiger charge is 2.35. The van der Waals surface area contributed by atoms with Crippen LogP contribution < -0.4 is 0 Å². The molecular weight excluding hydrogens is 297 g/mol. The molecule has 1 amide bonds. The van der Waals surface area contributed by atoms with Gasteiger partial charge in [-0.1, -0.05) is 11.6 Å². The van der Waals surface area contributed by atoms with Crippen molar-refractivity contribution in [3.8, 4) is 5.69 Å². The second-order valence-corrected chi connectivity index (χ2v) is 5.32. The van der Waals surface area contributed by atoms with Gasteiger partial charge in [-0.3, -0.25) is 4.79 Å². The number of alkyl halides is 1. The van der Waals surface area contributed by atoms with Gasteiger partial charge in [0.1, 0.15) is 12.3 Å². The number of amides is 1. The lowest BCUT2D eigenvalue weighted by Gasteiger charge is -2.16. The maximum atomic E-state index is 13.4. The molecular formula is C14H13ClFN3O2. The molecule has 0 spiro atoms. The lowest BCUT2D eigenvalue weighted by Crippen LogP contribution is -2.30. The summed E-state index contributed by atoms with van der Waals surface area (Å²) in [5.74, 6) is -0.395. The van der Waals surface area contributed by atoms with Crippen LogP contribution in [-0.2, 0) is 0 Å². The highest BCUT2D eigenvalue weighted by atomic mass is 35.5. The third kappa shape index (κ3) is 2.64. The second kappa shape index (κ2) is 5.46. The van der Waals surface area contributed by atoms with E-state index in [1.807, 2.05) is 0 Å². The van der Waals surface area contributed by atoms with Crippen molar-refractivity contribution < 1.29 is 14.3 Å². The summed E-state index contributed by atoms with van der Waals surface area (Å²) >= 11 is 6.07. The van der Waals surface area contributed by atoms with E-state index in [0.717, 1.165) is 0 Å². The van der Waals surface area contributed by atoms with Gasteiger partial charge in [0.05, 0.1) is 22.8 Å². The van der Waals surface area contributed by atoms with Crippen molar-refractivity contribution in [1.82, 2.24) is 14.7 Å². The molecule has 1 aliphatic heterocycles. The first-order valence-electron chi connectivity index (χ1n) is 6.47. The lowest BCUT2D eigenvalue weighted by atomic mass is 10.1. The zero-order valence-electron chi connectivity index (χ0n) is 11.0. The zero-order chi connectivity index (χ0) is 15.0. The lowest BCUT2D eigenvalue weighted by molar-refractivity contribution is 0.0764. The van der Waals surface area contributed by atoms with Gasteiger partial charge in [-0.15, -0.1) is 0 Å². The van der Waals surface area contributed by atoms with Crippen LogP contribution in [0.3, 0.4) is 0 Å². The van der Waals surface area contributed by atoms with Crippen molar-refractivity contribution in [3.63, 3.8) is 0 Å². The molecule has 1 aliphatic rings. The van der Waals surface area contributed by atoms with Gasteiger partial charge in [0.15, 0.2) is 0 Å². The molecule has 1 aromatic carbocycles. The van der Waals surface area contributed by atoms with Crippen molar-refractivity contribution in [2.75, 3.05) is 13.1 Å². The molecule has 21 heavy (non-hydrogen) atoms. The van der Waals surface area contributed by atoms with E-state index in [9.17, 15) is 14.3 Å². The van der Waals surface area contributed by atoms with Crippen LogP contribution in [0, 0.1) is 0 Å². The van der Waals surface area contributed by atoms with Crippen molar-refractivity contribution in [1.29, 1.82) is 0 Å². The summed E-state index contributed by atoms with van der Waals surface area (Å²) in [6, 6.07) is 6.71. The third-order valence-electron chi connectivity index (χ3n) is 3.46. The highest BCUT2D eigenvalue weighted by molar-refractivity contribution is 6.33. The fourth-order valence-corrected chi connectivity index (χ4v) is 2.52. The largest absolute Gasteiger partial charge is 0.388 e. The Balaban J connectivity index is 1.91. The number of hydrogen-bond acceptors (Lipinski definition) is 3. The average molecular weight is 310 g/mol. The van der Waals surface area contributed by atoms with Crippen molar-refractivity contribution in [2.45, 2.75) is 12.3 Å². The van der Waals surface area contributed by atoms with Crippen LogP contribution in [0.15, 0.2) is 36.7 Å². The van der Waals surface area contributed by atoms with Gasteiger partial charge in [0, 0.05) is 18.9 Å². The second-order valence-electron chi connectivity index (χ2n) is 4.91. The minimum Gasteiger partial charge on any atom is -0.388 e. The number of carbonyl (C=O) groups is 1. The maximum Gasteiger partial charge on any atom is 0.255 e. The van der Waals surface area contributed by atoms with Crippen molar-refractivity contribution in [3.05, 3.63) is 47.2 Å². The van der Waals surface area contributed by atoms with Gasteiger partial charge in [0.2, 0.25) is 0 Å². The van der Waals surface area contributed by atoms with Gasteiger partial charge in [-0.05, 0) is 24.3 Å². The van der Waals surface area contributed by atoms with Gasteiger partial charge >= 0.3 is 0 Å². The Morgan fingerprint density at radius 1 is 1.43 bits per heavy atom. The molecule has 1 fully saturated rings. The van der Waals surface area contributed by atoms with E-state index in [0.29, 0.717) is 5.69 Å². The van der Waals surface area contributed by atoms with Gasteiger partial charge in [-0.2, -0.15) is 5.10 Å². The molecule has 2 heterocycles. The Kier molecular flexibility index (Phi) is 3.65. The number of rotatable bonds is 2. The molecule has 1 aromatic heterocycles. The van der Waals surface area contributed by atoms with E-state index in [1.165, 1.54) is 4.90 Å². The number of aliphatic hydroxyl groups excluding tert-OH is 1. The van der Waals surface area contributed by atoms with E-state index >= 15 is 0 Å². The molecule has 2 aromatic rings. The number of nitrogens with zero attached hydrogens (tertiary/aromatic N) is 3. The number of hydrogen-bond donors (Lipinski definition) is 1. The standard InChI is InChI=1S/C14H13ClFN3O2/c15-11-3-2-9(19-5-1-4-17-19)6-10(11)14(21)18-7-12(16)13(20)8-18/h1-6,12-13,20H,7-8H2/t12-,13-/m1/s1. The van der Waals surface area contributed by atoms with Crippen LogP contribution in [0.25, 0.3) is 5.69 Å². The number of likely N-dealkylation sites (tertiary alicyclic amines) is 1. The van der Waals surface area contributed by atoms with E-state index in [2.05, 4.69) is 5.10 Å². The number of aliphatic hydroxyl groups is 1. The summed E-state index contributed by atoms with van der Waals surface area (Å²) in [6.07, 6.45) is 0.819. The molecule has 3 rings (SSSR count). The Morgan fingerprint density at radius 3 is 2.86 bits per heavy atom. The van der Waals surface area contributed by atoms with Crippen molar-refractivity contribution in [2.24, 2.45) is 0 Å². The SMILES string of the molecule is O=C(c1cc(-n2cccn2)ccc1Cl)N1C[C@@H](O)[C@H](F)C1. The molecule has 0 saturated carbocycles. The summed E-state index contributed by atoms with van der Waals surface area (Å²) in [6.45, 7) is -0.148. The molecule has 0 aliphatic carbocycles. The molecule has 0 radical (unpaired) electrons. The van der Waals surface area contributed by atoms with Gasteiger partial charge in [-0.25, -0.2) is 9.07 Å². The molecule has 1 saturated heterocycles. The Bertz CT molecular complexity index is 652. The maximum absolute atomic E-state index is 13.4. The predicted molar refractivity (Wildman–Crippen MR) is 75.4 cm³/mol. The Morgan fingerprint density at radius 2 is 2.24 bits per heavy atom. The summed E-state index contributed by atoms with van der Waals surface area (Å²) in [7, 11) is 0. The van der Waals surface area contributed by atoms with E-state index in [4.69, 9.17) is 11.6 Å². The fourth-order valence-electron chi connectivity index (χ4n) is 2.32. The van der Waals surface area contributed by atoms with Crippen LogP contribution >= 0.6 is 11.6 Å². The number of halogens is 2. The summed E-state index contributed by atoms with van der Waals surface area (Å²) in [5.41, 5.74) is 0.954. The van der Waals surface area contributed by atoms with Gasteiger partial charge in [0.25, 0.3) is 5.91 Å². The third-order valence-corrected chi connectivity index (χ3v) is 3.79. The Hall–Kier alpha value is -1.92. The predicted octanol–water partition coefficient (Wildman–Crippen LogP) is 1.68. The zero-order valence-corrected chi connectivity index (χ0v) is 11.7. The first-order chi connectivity index (χ1) is 10.1. The first-order valence-corrected chi connectivity index (χ1v) is 6.85. The average Bonchev–Trinajstić information content (AvgIpc) is 3.10. The molecule has 2 atom stereocenters. The minimum absolute atomic E-state index is 0.0255. The quantitative estimate of drug-likeness (QED) is 0.918. The van der Waals surface area contributed by atoms with Crippen LogP contribution in [0.4, 0.5) is 4.39 Å². The molecule has 5 nitrogen and oxygen atoms in total. The topological polar surface area (TPSA) is 58.4 Å². The first kappa shape index (κ1) is 14.0. The minimum atomic E-state index is -1.41. The molecule has 0 bridgehead atoms. The number of benzene rings is 1. The number of carbonyl (C=O) groups excluding carboxylic acids is 1. The number of aromatic nitrogens is 2. The van der Waals surface area contributed by atoms with E-state index in [-0.39, 0.29) is 23.7 Å². The van der Waals surface area contributed by atoms with E-state index in [1.54, 1.807) is 41.3 Å². The summed E-state index contributed by atoms with van der Waals surface area (Å²) < 4.78 is 15.0. The summed E-state index contributed by atoms with van der Waals surface area (Å²) in [4.78, 5) is 13.7. The fraction of sp³-hybridized carbons (Fsp3) is 0.286. The Labute approximate surface area is 125 Å². The smallest absolute Gasteiger partial charge is 0.255 e. The van der Waals surface area contributed by atoms with Crippen LogP contribution in [0.1, 0.15) is 10.4 Å². The molecule has 110 valence electrons. The summed E-state index contributed by atoms with van der Waals surface area (Å²) in [5, 5.41) is 13.8. The van der Waals surface area contributed by atoms with Crippen LogP contribution in [-0.4, -0.2) is 51.1 Å². The molecule has 1 N–H and O–H groups in total. The normalized spacial score (nSPS) is 21.8. The van der Waals surface area contributed by atoms with Crippen LogP contribution in [0.2, 0.25) is 5.02 Å². The monoisotopic (exact) mass is 309 g/mol. The number of β-amino-alcohol motifs (C(OH)–C–C–N with tert-alkyl or cyclic N) is 1. The molecule has 7 heteroatoms. The highest BCUT2D eigenvalue weighted by Crippen LogP contribution is 2.24. The van der Waals surface area contributed by atoms with Gasteiger partial charge < -0.3 is 10.0 Å². The van der Waals surface area contributed by atoms with E-state index < -0.39 is 18.2 Å².